The molecular weight excluding hydrogens is 535 g/mol. The molecule has 0 aliphatic carbocycles. The van der Waals surface area contributed by atoms with Gasteiger partial charge in [-0.2, -0.15) is 31.0 Å². The lowest BCUT2D eigenvalue weighted by atomic mass is 10.1. The lowest BCUT2D eigenvalue weighted by Gasteiger charge is -2.27. The molecule has 4 heterocycles. The van der Waals surface area contributed by atoms with Crippen LogP contribution in [0.5, 0.6) is 0 Å². The largest absolute Gasteiger partial charge is 0.434 e. The predicted molar refractivity (Wildman–Crippen MR) is 138 cm³/mol. The molecule has 1 N–H and O–H groups in total. The van der Waals surface area contributed by atoms with Crippen LogP contribution < -0.4 is 10.2 Å². The van der Waals surface area contributed by atoms with Gasteiger partial charge in [0.05, 0.1) is 23.9 Å². The van der Waals surface area contributed by atoms with Gasteiger partial charge in [-0.25, -0.2) is 4.98 Å². The molecule has 0 unspecified atom stereocenters. The molecule has 0 spiro atoms. The number of hydrogen-bond acceptors (Lipinski definition) is 6. The van der Waals surface area contributed by atoms with E-state index in [-0.39, 0.29) is 42.0 Å². The smallest absolute Gasteiger partial charge is 0.332 e. The van der Waals surface area contributed by atoms with Crippen molar-refractivity contribution in [1.29, 1.82) is 0 Å². The number of aryl methyl sites for hydroxylation is 1. The Kier molecular flexibility index (Phi) is 5.69. The molecule has 1 aliphatic rings. The molecule has 0 amide bonds. The average Bonchev–Trinajstić information content (AvgIpc) is 3.50. The molecule has 39 heavy (non-hydrogen) atoms. The third kappa shape index (κ3) is 4.61. The maximum Gasteiger partial charge on any atom is 0.434 e. The summed E-state index contributed by atoms with van der Waals surface area (Å²) in [5, 5.41) is 5.37. The monoisotopic (exact) mass is 555 g/mol. The molecule has 0 bridgehead atoms. The van der Waals surface area contributed by atoms with Crippen LogP contribution in [-0.4, -0.2) is 43.6 Å². The molecule has 0 atom stereocenters. The normalized spacial score (nSPS) is 14.6. The fourth-order valence-electron chi connectivity index (χ4n) is 4.58. The van der Waals surface area contributed by atoms with Crippen molar-refractivity contribution >= 4 is 37.6 Å². The summed E-state index contributed by atoms with van der Waals surface area (Å²) in [6.07, 6.45) is 1.38. The first-order chi connectivity index (χ1) is 18.5. The van der Waals surface area contributed by atoms with Gasteiger partial charge in [0.15, 0.2) is 11.1 Å². The molecular formula is C25H20F3N7O3S. The van der Waals surface area contributed by atoms with E-state index in [9.17, 15) is 26.4 Å². The first kappa shape index (κ1) is 25.0. The van der Waals surface area contributed by atoms with Crippen molar-refractivity contribution in [2.75, 3.05) is 11.3 Å². The number of rotatable bonds is 4. The Hall–Kier alpha value is -4.30. The van der Waals surface area contributed by atoms with Crippen LogP contribution in [0.15, 0.2) is 66.0 Å². The summed E-state index contributed by atoms with van der Waals surface area (Å²) >= 11 is 0. The SMILES string of the molecule is Cn1cc(-c2cnc3ccc4ccc(NS(=O)(=O)N5CCn6cc(C(F)(F)F)nc6C5)cc4c(=O)c3c2)cn1. The molecule has 1 aliphatic heterocycles. The second kappa shape index (κ2) is 8.88. The highest BCUT2D eigenvalue weighted by Crippen LogP contribution is 2.30. The Labute approximate surface area is 219 Å². The van der Waals surface area contributed by atoms with Gasteiger partial charge >= 0.3 is 16.4 Å². The molecule has 2 aromatic carbocycles. The van der Waals surface area contributed by atoms with Crippen LogP contribution in [0.3, 0.4) is 0 Å². The van der Waals surface area contributed by atoms with Crippen molar-refractivity contribution in [3.05, 3.63) is 82.9 Å². The van der Waals surface area contributed by atoms with Gasteiger partial charge in [-0.15, -0.1) is 0 Å². The zero-order chi connectivity index (χ0) is 27.5. The number of fused-ring (bicyclic) bond motifs is 3. The number of nitrogens with one attached hydrogen (secondary N) is 1. The molecule has 0 saturated carbocycles. The standard InChI is InChI=1S/C25H20F3N7O3S/c1-33-12-17(11-30-33)16-8-20-21(29-10-16)5-3-15-2-4-18(9-19(15)24(20)36)32-39(37,38)35-7-6-34-13-22(25(26,27)28)31-23(34)14-35/h2-5,8-13,32H,6-7,14H2,1H3. The van der Waals surface area contributed by atoms with Gasteiger partial charge in [-0.3, -0.25) is 19.2 Å². The van der Waals surface area contributed by atoms with Crippen molar-refractivity contribution < 1.29 is 21.6 Å². The van der Waals surface area contributed by atoms with E-state index in [0.29, 0.717) is 21.9 Å². The minimum absolute atomic E-state index is 0.00489. The quantitative estimate of drug-likeness (QED) is 0.363. The van der Waals surface area contributed by atoms with Gasteiger partial charge < -0.3 is 4.57 Å². The van der Waals surface area contributed by atoms with Crippen molar-refractivity contribution in [2.45, 2.75) is 19.3 Å². The first-order valence-corrected chi connectivity index (χ1v) is 13.2. The number of hydrogen-bond donors (Lipinski definition) is 1. The van der Waals surface area contributed by atoms with Crippen LogP contribution in [0.4, 0.5) is 18.9 Å². The van der Waals surface area contributed by atoms with E-state index in [1.54, 1.807) is 54.6 Å². The van der Waals surface area contributed by atoms with Gasteiger partial charge in [-0.05, 0) is 29.7 Å². The van der Waals surface area contributed by atoms with E-state index in [4.69, 9.17) is 0 Å². The van der Waals surface area contributed by atoms with E-state index >= 15 is 0 Å². The van der Waals surface area contributed by atoms with Gasteiger partial charge in [-0.1, -0.05) is 12.1 Å². The van der Waals surface area contributed by atoms with Gasteiger partial charge in [0.25, 0.3) is 0 Å². The summed E-state index contributed by atoms with van der Waals surface area (Å²) in [5.74, 6) is -0.00489. The molecule has 0 radical (unpaired) electrons. The predicted octanol–water partition coefficient (Wildman–Crippen LogP) is 3.54. The average molecular weight is 556 g/mol. The second-order valence-electron chi connectivity index (χ2n) is 9.20. The maximum atomic E-state index is 13.6. The molecule has 6 rings (SSSR count). The highest BCUT2D eigenvalue weighted by molar-refractivity contribution is 7.90. The van der Waals surface area contributed by atoms with Crippen LogP contribution in [0.25, 0.3) is 32.8 Å². The van der Waals surface area contributed by atoms with Gasteiger partial charge in [0.2, 0.25) is 0 Å². The van der Waals surface area contributed by atoms with E-state index in [1.807, 2.05) is 0 Å². The number of pyridine rings is 1. The molecule has 0 fully saturated rings. The van der Waals surface area contributed by atoms with Crippen LogP contribution in [0.2, 0.25) is 0 Å². The van der Waals surface area contributed by atoms with Crippen LogP contribution >= 0.6 is 0 Å². The summed E-state index contributed by atoms with van der Waals surface area (Å²) in [6, 6.07) is 9.76. The lowest BCUT2D eigenvalue weighted by molar-refractivity contribution is -0.141. The van der Waals surface area contributed by atoms with Crippen molar-refractivity contribution in [3.63, 3.8) is 0 Å². The number of halogens is 3. The number of nitrogens with zero attached hydrogens (tertiary/aromatic N) is 6. The number of imidazole rings is 1. The van der Waals surface area contributed by atoms with Crippen LogP contribution in [-0.2, 0) is 36.5 Å². The lowest BCUT2D eigenvalue weighted by Crippen LogP contribution is -2.41. The third-order valence-electron chi connectivity index (χ3n) is 6.56. The van der Waals surface area contributed by atoms with Gasteiger partial charge in [0, 0.05) is 60.6 Å². The number of benzene rings is 1. The highest BCUT2D eigenvalue weighted by atomic mass is 32.2. The minimum Gasteiger partial charge on any atom is -0.332 e. The van der Waals surface area contributed by atoms with E-state index < -0.39 is 22.1 Å². The van der Waals surface area contributed by atoms with Gasteiger partial charge in [0.1, 0.15) is 5.82 Å². The number of alkyl halides is 3. The Morgan fingerprint density at radius 3 is 2.51 bits per heavy atom. The number of anilines is 1. The summed E-state index contributed by atoms with van der Waals surface area (Å²) < 4.78 is 71.8. The third-order valence-corrected chi connectivity index (χ3v) is 8.05. The number of aromatic nitrogens is 5. The Balaban J connectivity index is 1.34. The van der Waals surface area contributed by atoms with Crippen molar-refractivity contribution in [2.24, 2.45) is 7.05 Å². The zero-order valence-electron chi connectivity index (χ0n) is 20.3. The topological polar surface area (TPSA) is 115 Å². The molecule has 14 heteroatoms. The second-order valence-corrected chi connectivity index (χ2v) is 10.9. The van der Waals surface area contributed by atoms with Crippen molar-refractivity contribution in [3.8, 4) is 11.1 Å². The Morgan fingerprint density at radius 2 is 1.77 bits per heavy atom. The Bertz CT molecular complexity index is 1930. The zero-order valence-corrected chi connectivity index (χ0v) is 21.2. The Morgan fingerprint density at radius 1 is 0.974 bits per heavy atom. The van der Waals surface area contributed by atoms with E-state index in [1.165, 1.54) is 16.7 Å². The first-order valence-electron chi connectivity index (χ1n) is 11.7. The molecule has 5 aromatic rings. The van der Waals surface area contributed by atoms with Crippen LogP contribution in [0.1, 0.15) is 11.5 Å². The highest BCUT2D eigenvalue weighted by Gasteiger charge is 2.37. The molecule has 200 valence electrons. The summed E-state index contributed by atoms with van der Waals surface area (Å²) in [4.78, 5) is 21.6. The minimum atomic E-state index is -4.62. The molecule has 0 saturated heterocycles. The summed E-state index contributed by atoms with van der Waals surface area (Å²) in [6.45, 7) is -0.344. The molecule has 10 nitrogen and oxygen atoms in total. The van der Waals surface area contributed by atoms with E-state index in [0.717, 1.165) is 16.1 Å². The van der Waals surface area contributed by atoms with E-state index in [2.05, 4.69) is 19.8 Å². The maximum absolute atomic E-state index is 13.6. The fraction of sp³-hybridized carbons (Fsp3) is 0.200. The summed E-state index contributed by atoms with van der Waals surface area (Å²) in [5.41, 5.74) is 0.724. The summed E-state index contributed by atoms with van der Waals surface area (Å²) in [7, 11) is -2.38. The van der Waals surface area contributed by atoms with Crippen LogP contribution in [0, 0.1) is 0 Å². The molecule has 3 aromatic heterocycles. The van der Waals surface area contributed by atoms with Crippen molar-refractivity contribution in [1.82, 2.24) is 28.6 Å². The fourth-order valence-corrected chi connectivity index (χ4v) is 5.74.